The van der Waals surface area contributed by atoms with Crippen molar-refractivity contribution in [3.05, 3.63) is 35.4 Å². The standard InChI is InChI=1S/C14H24N2O2/c1-14(2,3)16-9-10-4-6-11(7-5-10)13(18)12(17)8-15/h4-7,12-13,16-18H,8-9,15H2,1-3H3. The molecule has 0 fully saturated rings. The largest absolute Gasteiger partial charge is 0.389 e. The molecule has 1 rings (SSSR count). The van der Waals surface area contributed by atoms with Gasteiger partial charge in [0, 0.05) is 18.6 Å². The van der Waals surface area contributed by atoms with E-state index in [2.05, 4.69) is 26.1 Å². The lowest BCUT2D eigenvalue weighted by Gasteiger charge is -2.21. The third-order valence-corrected chi connectivity index (χ3v) is 2.75. The van der Waals surface area contributed by atoms with Crippen molar-refractivity contribution in [2.75, 3.05) is 6.54 Å². The third kappa shape index (κ3) is 4.74. The smallest absolute Gasteiger partial charge is 0.106 e. The summed E-state index contributed by atoms with van der Waals surface area (Å²) in [6.45, 7) is 7.17. The van der Waals surface area contributed by atoms with E-state index in [9.17, 15) is 10.2 Å². The Bertz CT molecular complexity index is 357. The zero-order chi connectivity index (χ0) is 13.8. The average Bonchev–Trinajstić information content (AvgIpc) is 2.34. The van der Waals surface area contributed by atoms with Crippen molar-refractivity contribution in [1.82, 2.24) is 5.32 Å². The van der Waals surface area contributed by atoms with Crippen molar-refractivity contribution in [3.63, 3.8) is 0 Å². The molecule has 0 heterocycles. The van der Waals surface area contributed by atoms with Crippen molar-refractivity contribution in [2.24, 2.45) is 5.73 Å². The quantitative estimate of drug-likeness (QED) is 0.628. The van der Waals surface area contributed by atoms with Crippen molar-refractivity contribution >= 4 is 0 Å². The van der Waals surface area contributed by atoms with E-state index in [4.69, 9.17) is 5.73 Å². The van der Waals surface area contributed by atoms with Gasteiger partial charge in [-0.05, 0) is 31.9 Å². The Hall–Kier alpha value is -0.940. The molecule has 2 atom stereocenters. The molecule has 18 heavy (non-hydrogen) atoms. The van der Waals surface area contributed by atoms with E-state index < -0.39 is 12.2 Å². The molecule has 1 aromatic rings. The fourth-order valence-corrected chi connectivity index (χ4v) is 1.55. The molecule has 5 N–H and O–H groups in total. The highest BCUT2D eigenvalue weighted by Gasteiger charge is 2.16. The molecule has 0 radical (unpaired) electrons. The molecule has 0 spiro atoms. The van der Waals surface area contributed by atoms with E-state index in [1.54, 1.807) is 0 Å². The van der Waals surface area contributed by atoms with Gasteiger partial charge in [-0.3, -0.25) is 0 Å². The predicted molar refractivity (Wildman–Crippen MR) is 73.1 cm³/mol. The predicted octanol–water partition coefficient (Wildman–Crippen LogP) is 0.928. The fraction of sp³-hybridized carbons (Fsp3) is 0.571. The van der Waals surface area contributed by atoms with Gasteiger partial charge in [0.05, 0.1) is 6.10 Å². The molecular weight excluding hydrogens is 228 g/mol. The summed E-state index contributed by atoms with van der Waals surface area (Å²) in [5.74, 6) is 0. The Morgan fingerprint density at radius 1 is 1.17 bits per heavy atom. The highest BCUT2D eigenvalue weighted by Crippen LogP contribution is 2.17. The molecule has 1 aromatic carbocycles. The van der Waals surface area contributed by atoms with Crippen LogP contribution in [0.15, 0.2) is 24.3 Å². The lowest BCUT2D eigenvalue weighted by Crippen LogP contribution is -2.35. The summed E-state index contributed by atoms with van der Waals surface area (Å²) in [7, 11) is 0. The van der Waals surface area contributed by atoms with Crippen LogP contribution in [0, 0.1) is 0 Å². The van der Waals surface area contributed by atoms with Crippen LogP contribution in [0.1, 0.15) is 38.0 Å². The van der Waals surface area contributed by atoms with Crippen LogP contribution in [-0.2, 0) is 6.54 Å². The van der Waals surface area contributed by atoms with Crippen LogP contribution in [0.3, 0.4) is 0 Å². The summed E-state index contributed by atoms with van der Waals surface area (Å²) in [6.07, 6.45) is -1.83. The first-order valence-electron chi connectivity index (χ1n) is 6.23. The summed E-state index contributed by atoms with van der Waals surface area (Å²) in [6, 6.07) is 7.54. The summed E-state index contributed by atoms with van der Waals surface area (Å²) < 4.78 is 0. The van der Waals surface area contributed by atoms with Crippen molar-refractivity contribution in [2.45, 2.75) is 45.1 Å². The second-order valence-corrected chi connectivity index (χ2v) is 5.59. The third-order valence-electron chi connectivity index (χ3n) is 2.75. The molecule has 0 aliphatic rings. The Balaban J connectivity index is 2.63. The van der Waals surface area contributed by atoms with E-state index in [0.29, 0.717) is 5.56 Å². The number of rotatable bonds is 5. The molecule has 4 heteroatoms. The summed E-state index contributed by atoms with van der Waals surface area (Å²) >= 11 is 0. The zero-order valence-corrected chi connectivity index (χ0v) is 11.4. The summed E-state index contributed by atoms with van der Waals surface area (Å²) in [4.78, 5) is 0. The second kappa shape index (κ2) is 6.29. The Kier molecular flexibility index (Phi) is 5.28. The van der Waals surface area contributed by atoms with E-state index in [1.165, 1.54) is 0 Å². The van der Waals surface area contributed by atoms with Gasteiger partial charge in [0.25, 0.3) is 0 Å². The van der Waals surface area contributed by atoms with Gasteiger partial charge in [-0.1, -0.05) is 24.3 Å². The molecule has 0 amide bonds. The monoisotopic (exact) mass is 252 g/mol. The molecule has 0 aromatic heterocycles. The second-order valence-electron chi connectivity index (χ2n) is 5.59. The number of nitrogens with one attached hydrogen (secondary N) is 1. The minimum absolute atomic E-state index is 0.0501. The van der Waals surface area contributed by atoms with Gasteiger partial charge in [0.2, 0.25) is 0 Å². The van der Waals surface area contributed by atoms with Crippen molar-refractivity contribution < 1.29 is 10.2 Å². The van der Waals surface area contributed by atoms with Crippen LogP contribution in [0.2, 0.25) is 0 Å². The SMILES string of the molecule is CC(C)(C)NCc1ccc(C(O)C(O)CN)cc1. The molecule has 0 saturated heterocycles. The van der Waals surface area contributed by atoms with E-state index in [-0.39, 0.29) is 12.1 Å². The maximum atomic E-state index is 9.79. The molecule has 4 nitrogen and oxygen atoms in total. The molecular formula is C14H24N2O2. The number of aliphatic hydroxyl groups excluding tert-OH is 2. The van der Waals surface area contributed by atoms with Crippen LogP contribution in [0.5, 0.6) is 0 Å². The first-order valence-corrected chi connectivity index (χ1v) is 6.23. The van der Waals surface area contributed by atoms with Gasteiger partial charge in [-0.2, -0.15) is 0 Å². The van der Waals surface area contributed by atoms with E-state index >= 15 is 0 Å². The molecule has 0 bridgehead atoms. The Morgan fingerprint density at radius 3 is 2.17 bits per heavy atom. The normalized spacial score (nSPS) is 15.4. The highest BCUT2D eigenvalue weighted by atomic mass is 16.3. The molecule has 0 aliphatic heterocycles. The van der Waals surface area contributed by atoms with Crippen molar-refractivity contribution in [1.29, 1.82) is 0 Å². The topological polar surface area (TPSA) is 78.5 Å². The highest BCUT2D eigenvalue weighted by molar-refractivity contribution is 5.25. The van der Waals surface area contributed by atoms with Crippen LogP contribution in [0.4, 0.5) is 0 Å². The van der Waals surface area contributed by atoms with Gasteiger partial charge in [0.1, 0.15) is 6.10 Å². The minimum Gasteiger partial charge on any atom is -0.389 e. The zero-order valence-electron chi connectivity index (χ0n) is 11.4. The maximum absolute atomic E-state index is 9.79. The van der Waals surface area contributed by atoms with Crippen molar-refractivity contribution in [3.8, 4) is 0 Å². The van der Waals surface area contributed by atoms with Gasteiger partial charge in [-0.15, -0.1) is 0 Å². The minimum atomic E-state index is -0.917. The maximum Gasteiger partial charge on any atom is 0.106 e. The number of hydrogen-bond donors (Lipinski definition) is 4. The lowest BCUT2D eigenvalue weighted by atomic mass is 10.0. The number of benzene rings is 1. The fourth-order valence-electron chi connectivity index (χ4n) is 1.55. The summed E-state index contributed by atoms with van der Waals surface area (Å²) in [5, 5.41) is 22.7. The van der Waals surface area contributed by atoms with E-state index in [1.807, 2.05) is 24.3 Å². The number of hydrogen-bond acceptors (Lipinski definition) is 4. The van der Waals surface area contributed by atoms with Crippen LogP contribution in [-0.4, -0.2) is 28.4 Å². The average molecular weight is 252 g/mol. The van der Waals surface area contributed by atoms with Gasteiger partial charge >= 0.3 is 0 Å². The lowest BCUT2D eigenvalue weighted by molar-refractivity contribution is 0.0243. The Labute approximate surface area is 109 Å². The van der Waals surface area contributed by atoms with Gasteiger partial charge in [-0.25, -0.2) is 0 Å². The molecule has 102 valence electrons. The van der Waals surface area contributed by atoms with Crippen LogP contribution in [0.25, 0.3) is 0 Å². The Morgan fingerprint density at radius 2 is 1.72 bits per heavy atom. The number of aliphatic hydroxyl groups is 2. The van der Waals surface area contributed by atoms with Crippen LogP contribution < -0.4 is 11.1 Å². The summed E-state index contributed by atoms with van der Waals surface area (Å²) in [5.41, 5.74) is 7.22. The number of nitrogens with two attached hydrogens (primary N) is 1. The van der Waals surface area contributed by atoms with Crippen LogP contribution >= 0.6 is 0 Å². The first kappa shape index (κ1) is 15.1. The molecule has 0 saturated carbocycles. The van der Waals surface area contributed by atoms with Gasteiger partial charge < -0.3 is 21.3 Å². The first-order chi connectivity index (χ1) is 8.33. The van der Waals surface area contributed by atoms with E-state index in [0.717, 1.165) is 12.1 Å². The molecule has 0 aliphatic carbocycles. The van der Waals surface area contributed by atoms with Gasteiger partial charge in [0.15, 0.2) is 0 Å². The molecule has 2 unspecified atom stereocenters.